The first kappa shape index (κ1) is 38.1. The van der Waals surface area contributed by atoms with Gasteiger partial charge in [0, 0.05) is 57.0 Å². The monoisotopic (exact) mass is 710 g/mol. The Hall–Kier alpha value is -3.60. The van der Waals surface area contributed by atoms with Crippen LogP contribution in [-0.2, 0) is 32.2 Å². The molecule has 3 aromatic carbocycles. The highest BCUT2D eigenvalue weighted by molar-refractivity contribution is 5.76. The number of aliphatic hydroxyl groups excluding tert-OH is 1. The van der Waals surface area contributed by atoms with Crippen molar-refractivity contribution >= 4 is 11.8 Å². The van der Waals surface area contributed by atoms with Gasteiger partial charge < -0.3 is 30.1 Å². The number of carbonyl (C=O) groups is 2. The van der Waals surface area contributed by atoms with Crippen LogP contribution in [0.25, 0.3) is 11.1 Å². The van der Waals surface area contributed by atoms with E-state index in [-0.39, 0.29) is 36.5 Å². The number of carbonyl (C=O) groups excluding carboxylic acids is 2. The summed E-state index contributed by atoms with van der Waals surface area (Å²) in [4.78, 5) is 28.8. The van der Waals surface area contributed by atoms with Crippen molar-refractivity contribution in [3.05, 3.63) is 95.1 Å². The van der Waals surface area contributed by atoms with E-state index in [0.717, 1.165) is 72.3 Å². The lowest BCUT2D eigenvalue weighted by Gasteiger charge is -2.43. The Morgan fingerprint density at radius 3 is 2.35 bits per heavy atom. The summed E-state index contributed by atoms with van der Waals surface area (Å²) in [5.74, 6) is 0.164. The van der Waals surface area contributed by atoms with Gasteiger partial charge in [-0.05, 0) is 98.1 Å². The van der Waals surface area contributed by atoms with Crippen LogP contribution < -0.4 is 10.6 Å². The lowest BCUT2D eigenvalue weighted by atomic mass is 9.89. The van der Waals surface area contributed by atoms with Gasteiger partial charge in [0.15, 0.2) is 6.29 Å². The third kappa shape index (κ3) is 10.5. The first-order valence-corrected chi connectivity index (χ1v) is 19.5. The number of hydrogen-bond donors (Lipinski definition) is 3. The molecule has 280 valence electrons. The van der Waals surface area contributed by atoms with E-state index in [1.54, 1.807) is 0 Å². The molecular weight excluding hydrogens is 652 g/mol. The van der Waals surface area contributed by atoms with Gasteiger partial charge >= 0.3 is 0 Å². The molecule has 3 fully saturated rings. The number of likely N-dealkylation sites (tertiary alicyclic amines) is 2. The van der Waals surface area contributed by atoms with Crippen LogP contribution in [0.4, 0.5) is 0 Å². The normalized spacial score (nSPS) is 23.9. The average molecular weight is 711 g/mol. The zero-order valence-electron chi connectivity index (χ0n) is 31.1. The molecule has 3 heterocycles. The quantitative estimate of drug-likeness (QED) is 0.146. The largest absolute Gasteiger partial charge is 0.392 e. The second-order valence-corrected chi connectivity index (χ2v) is 15.0. The van der Waals surface area contributed by atoms with E-state index in [9.17, 15) is 14.7 Å². The molecule has 0 unspecified atom stereocenters. The molecule has 3 aliphatic heterocycles. The molecule has 0 saturated carbocycles. The van der Waals surface area contributed by atoms with Crippen LogP contribution in [0.15, 0.2) is 72.8 Å². The Labute approximate surface area is 310 Å². The van der Waals surface area contributed by atoms with Crippen LogP contribution in [0, 0.1) is 5.92 Å². The fourth-order valence-electron chi connectivity index (χ4n) is 8.03. The summed E-state index contributed by atoms with van der Waals surface area (Å²) >= 11 is 0. The van der Waals surface area contributed by atoms with Crippen molar-refractivity contribution < 1.29 is 24.2 Å². The van der Waals surface area contributed by atoms with Crippen molar-refractivity contribution in [2.24, 2.45) is 5.92 Å². The number of hydrogen-bond acceptors (Lipinski definition) is 7. The SMILES string of the molecule is CC(=O)NCCCCCC(=O)NCc1cccc(-c2cccc([C@H]3O[C@@H](CN4CCC[C@H]4CN4CCCC4)[C@@H](C)[C@@H](c4ccc(CO)cc4)O3)c2)c1. The van der Waals surface area contributed by atoms with Crippen molar-refractivity contribution in [3.8, 4) is 11.1 Å². The average Bonchev–Trinajstić information content (AvgIpc) is 3.85. The van der Waals surface area contributed by atoms with Crippen LogP contribution in [0.2, 0.25) is 0 Å². The number of unbranched alkanes of at least 4 members (excludes halogenated alkanes) is 2. The molecule has 0 aromatic heterocycles. The Bertz CT molecular complexity index is 1590. The molecule has 9 heteroatoms. The molecule has 3 aromatic rings. The van der Waals surface area contributed by atoms with Gasteiger partial charge in [-0.3, -0.25) is 14.5 Å². The fraction of sp³-hybridized carbons (Fsp3) is 0.535. The van der Waals surface area contributed by atoms with Crippen molar-refractivity contribution in [2.45, 2.75) is 103 Å². The third-order valence-corrected chi connectivity index (χ3v) is 11.1. The van der Waals surface area contributed by atoms with E-state index >= 15 is 0 Å². The molecule has 52 heavy (non-hydrogen) atoms. The number of benzene rings is 3. The predicted molar refractivity (Wildman–Crippen MR) is 204 cm³/mol. The lowest BCUT2D eigenvalue weighted by Crippen LogP contribution is -2.48. The summed E-state index contributed by atoms with van der Waals surface area (Å²) in [5, 5.41) is 15.5. The molecule has 2 amide bonds. The molecule has 0 bridgehead atoms. The van der Waals surface area contributed by atoms with Gasteiger partial charge in [-0.25, -0.2) is 0 Å². The first-order chi connectivity index (χ1) is 25.4. The number of aliphatic hydroxyl groups is 1. The minimum atomic E-state index is -0.524. The van der Waals surface area contributed by atoms with Crippen molar-refractivity contribution in [2.75, 3.05) is 39.3 Å². The zero-order valence-corrected chi connectivity index (χ0v) is 31.1. The van der Waals surface area contributed by atoms with Gasteiger partial charge in [-0.1, -0.05) is 74.0 Å². The summed E-state index contributed by atoms with van der Waals surface area (Å²) in [7, 11) is 0. The summed E-state index contributed by atoms with van der Waals surface area (Å²) < 4.78 is 13.8. The highest BCUT2D eigenvalue weighted by atomic mass is 16.7. The van der Waals surface area contributed by atoms with Crippen LogP contribution in [0.3, 0.4) is 0 Å². The first-order valence-electron chi connectivity index (χ1n) is 19.5. The van der Waals surface area contributed by atoms with Gasteiger partial charge in [-0.15, -0.1) is 0 Å². The standard InChI is InChI=1S/C43H58N4O5/c1-31-40(29-47-24-10-15-39(47)28-46-22-6-7-23-46)51-43(52-42(31)35-19-17-33(30-48)18-20-35)38-14-9-13-37(26-38)36-12-8-11-34(25-36)27-45-41(50)16-4-3-5-21-44-32(2)49/h8-9,11-14,17-20,25-26,31,39-40,42-43,48H,3-7,10,15-16,21-24,27-30H2,1-2H3,(H,44,49)(H,45,50)/t31-,39+,40+,42+,43+/m1/s1. The van der Waals surface area contributed by atoms with E-state index in [0.29, 0.717) is 25.6 Å². The lowest BCUT2D eigenvalue weighted by molar-refractivity contribution is -0.276. The Kier molecular flexibility index (Phi) is 13.9. The van der Waals surface area contributed by atoms with Crippen molar-refractivity contribution in [1.29, 1.82) is 0 Å². The van der Waals surface area contributed by atoms with Crippen LogP contribution in [0.5, 0.6) is 0 Å². The summed E-state index contributed by atoms with van der Waals surface area (Å²) in [6.07, 6.45) is 7.49. The molecule has 0 spiro atoms. The third-order valence-electron chi connectivity index (χ3n) is 11.1. The molecule has 3 saturated heterocycles. The maximum absolute atomic E-state index is 12.5. The van der Waals surface area contributed by atoms with Crippen LogP contribution >= 0.6 is 0 Å². The number of nitrogens with one attached hydrogen (secondary N) is 2. The zero-order chi connectivity index (χ0) is 36.3. The van der Waals surface area contributed by atoms with Gasteiger partial charge in [0.05, 0.1) is 18.8 Å². The number of ether oxygens (including phenoxy) is 2. The summed E-state index contributed by atoms with van der Waals surface area (Å²) in [5.41, 5.74) is 6.17. The van der Waals surface area contributed by atoms with Crippen molar-refractivity contribution in [1.82, 2.24) is 20.4 Å². The molecule has 6 rings (SSSR count). The highest BCUT2D eigenvalue weighted by Gasteiger charge is 2.41. The van der Waals surface area contributed by atoms with Gasteiger partial charge in [-0.2, -0.15) is 0 Å². The number of rotatable bonds is 16. The minimum absolute atomic E-state index is 0.00625. The fourth-order valence-corrected chi connectivity index (χ4v) is 8.03. The number of nitrogens with zero attached hydrogens (tertiary/aromatic N) is 2. The molecular formula is C43H58N4O5. The van der Waals surface area contributed by atoms with E-state index in [1.807, 2.05) is 24.3 Å². The van der Waals surface area contributed by atoms with Gasteiger partial charge in [0.2, 0.25) is 11.8 Å². The van der Waals surface area contributed by atoms with Crippen LogP contribution in [0.1, 0.15) is 99.9 Å². The second-order valence-electron chi connectivity index (χ2n) is 15.0. The van der Waals surface area contributed by atoms with E-state index in [1.165, 1.54) is 45.7 Å². The highest BCUT2D eigenvalue weighted by Crippen LogP contribution is 2.43. The smallest absolute Gasteiger partial charge is 0.220 e. The molecule has 3 N–H and O–H groups in total. The Morgan fingerprint density at radius 2 is 1.58 bits per heavy atom. The molecule has 0 radical (unpaired) electrons. The Balaban J connectivity index is 1.13. The predicted octanol–water partition coefficient (Wildman–Crippen LogP) is 6.51. The van der Waals surface area contributed by atoms with E-state index in [2.05, 4.69) is 75.9 Å². The van der Waals surface area contributed by atoms with Crippen molar-refractivity contribution in [3.63, 3.8) is 0 Å². The molecule has 0 aliphatic carbocycles. The molecule has 5 atom stereocenters. The second kappa shape index (κ2) is 18.9. The van der Waals surface area contributed by atoms with Gasteiger partial charge in [0.25, 0.3) is 0 Å². The molecule has 3 aliphatic rings. The Morgan fingerprint density at radius 1 is 0.808 bits per heavy atom. The number of amides is 2. The van der Waals surface area contributed by atoms with E-state index in [4.69, 9.17) is 9.47 Å². The molecule has 9 nitrogen and oxygen atoms in total. The van der Waals surface area contributed by atoms with E-state index < -0.39 is 6.29 Å². The maximum Gasteiger partial charge on any atom is 0.220 e. The summed E-state index contributed by atoms with van der Waals surface area (Å²) in [6.45, 7) is 10.5. The van der Waals surface area contributed by atoms with Gasteiger partial charge in [0.1, 0.15) is 0 Å². The minimum Gasteiger partial charge on any atom is -0.392 e. The summed E-state index contributed by atoms with van der Waals surface area (Å²) in [6, 6.07) is 25.5. The topological polar surface area (TPSA) is 103 Å². The van der Waals surface area contributed by atoms with Crippen LogP contribution in [-0.4, -0.2) is 78.1 Å². The maximum atomic E-state index is 12.5.